The number of rotatable bonds is 7. The molecule has 5 nitrogen and oxygen atoms in total. The molecule has 0 fully saturated rings. The largest absolute Gasteiger partial charge is 0.493 e. The monoisotopic (exact) mass is 453 g/mol. The lowest BCUT2D eigenvalue weighted by Crippen LogP contribution is -2.05. The first-order chi connectivity index (χ1) is 13.9. The van der Waals surface area contributed by atoms with Gasteiger partial charge in [0, 0.05) is 5.56 Å². The van der Waals surface area contributed by atoms with E-state index in [0.29, 0.717) is 44.3 Å². The fourth-order valence-electron chi connectivity index (χ4n) is 2.60. The molecule has 8 heteroatoms. The van der Waals surface area contributed by atoms with Crippen LogP contribution < -0.4 is 9.47 Å². The van der Waals surface area contributed by atoms with E-state index < -0.39 is 5.97 Å². The van der Waals surface area contributed by atoms with Gasteiger partial charge in [-0.3, -0.25) is 0 Å². The topological polar surface area (TPSA) is 57.1 Å². The van der Waals surface area contributed by atoms with Gasteiger partial charge in [-0.2, -0.15) is 0 Å². The lowest BCUT2D eigenvalue weighted by atomic mass is 10.1. The van der Waals surface area contributed by atoms with E-state index in [9.17, 15) is 4.79 Å². The van der Waals surface area contributed by atoms with Gasteiger partial charge in [-0.15, -0.1) is 0 Å². The van der Waals surface area contributed by atoms with Crippen LogP contribution in [-0.2, 0) is 9.53 Å². The first-order valence-electron chi connectivity index (χ1n) is 8.91. The van der Waals surface area contributed by atoms with Crippen LogP contribution in [0.25, 0.3) is 6.08 Å². The number of carbonyl (C=O) groups excluding carboxylic acids is 1. The SMILES string of the molecule is CCCCOc1c(Cl)cc(/C=C2\N=C(c3ccc(Cl)c(Cl)c3)OC2=O)cc1OC. The van der Waals surface area contributed by atoms with E-state index in [4.69, 9.17) is 49.0 Å². The number of halogens is 3. The summed E-state index contributed by atoms with van der Waals surface area (Å²) in [7, 11) is 1.53. The number of esters is 1. The highest BCUT2D eigenvalue weighted by molar-refractivity contribution is 6.42. The van der Waals surface area contributed by atoms with Gasteiger partial charge < -0.3 is 14.2 Å². The van der Waals surface area contributed by atoms with Crippen LogP contribution in [0.3, 0.4) is 0 Å². The van der Waals surface area contributed by atoms with Gasteiger partial charge in [-0.1, -0.05) is 48.1 Å². The third-order valence-corrected chi connectivity index (χ3v) is 5.11. The van der Waals surface area contributed by atoms with Gasteiger partial charge in [-0.25, -0.2) is 9.79 Å². The Hall–Kier alpha value is -2.21. The summed E-state index contributed by atoms with van der Waals surface area (Å²) < 4.78 is 16.4. The molecule has 0 N–H and O–H groups in total. The molecule has 152 valence electrons. The molecular formula is C21H18Cl3NO4. The fourth-order valence-corrected chi connectivity index (χ4v) is 3.17. The molecule has 0 unspecified atom stereocenters. The molecule has 1 aliphatic heterocycles. The maximum absolute atomic E-state index is 12.2. The van der Waals surface area contributed by atoms with Crippen LogP contribution in [0.5, 0.6) is 11.5 Å². The molecule has 0 atom stereocenters. The highest BCUT2D eigenvalue weighted by Crippen LogP contribution is 2.37. The summed E-state index contributed by atoms with van der Waals surface area (Å²) >= 11 is 18.3. The van der Waals surface area contributed by atoms with Gasteiger partial charge in [0.1, 0.15) is 0 Å². The third-order valence-electron chi connectivity index (χ3n) is 4.09. The number of methoxy groups -OCH3 is 1. The zero-order valence-corrected chi connectivity index (χ0v) is 18.1. The average molecular weight is 455 g/mol. The zero-order valence-electron chi connectivity index (χ0n) is 15.8. The summed E-state index contributed by atoms with van der Waals surface area (Å²) in [6.45, 7) is 2.61. The quantitative estimate of drug-likeness (QED) is 0.285. The number of aliphatic imine (C=N–C) groups is 1. The van der Waals surface area contributed by atoms with Crippen molar-refractivity contribution in [2.24, 2.45) is 4.99 Å². The van der Waals surface area contributed by atoms with Crippen LogP contribution in [0.1, 0.15) is 30.9 Å². The molecule has 0 radical (unpaired) electrons. The van der Waals surface area contributed by atoms with Crippen LogP contribution in [0.2, 0.25) is 15.1 Å². The number of benzene rings is 2. The van der Waals surface area contributed by atoms with Crippen molar-refractivity contribution >= 4 is 52.7 Å². The van der Waals surface area contributed by atoms with Crippen LogP contribution in [-0.4, -0.2) is 25.6 Å². The summed E-state index contributed by atoms with van der Waals surface area (Å²) in [6, 6.07) is 8.27. The molecule has 1 heterocycles. The molecule has 0 aromatic heterocycles. The van der Waals surface area contributed by atoms with Gasteiger partial charge >= 0.3 is 5.97 Å². The second kappa shape index (κ2) is 9.53. The minimum atomic E-state index is -0.579. The Bertz CT molecular complexity index is 1000. The molecule has 29 heavy (non-hydrogen) atoms. The number of hydrogen-bond acceptors (Lipinski definition) is 5. The summed E-state index contributed by atoms with van der Waals surface area (Å²) in [6.07, 6.45) is 3.48. The summed E-state index contributed by atoms with van der Waals surface area (Å²) in [5, 5.41) is 1.13. The lowest BCUT2D eigenvalue weighted by Gasteiger charge is -2.13. The second-order valence-electron chi connectivity index (χ2n) is 6.20. The Morgan fingerprint density at radius 2 is 1.90 bits per heavy atom. The van der Waals surface area contributed by atoms with Crippen molar-refractivity contribution in [3.05, 3.63) is 62.2 Å². The van der Waals surface area contributed by atoms with Crippen molar-refractivity contribution in [2.75, 3.05) is 13.7 Å². The Labute approximate surface area is 183 Å². The minimum absolute atomic E-state index is 0.129. The average Bonchev–Trinajstić information content (AvgIpc) is 3.05. The number of nitrogens with zero attached hydrogens (tertiary/aromatic N) is 1. The van der Waals surface area contributed by atoms with Crippen LogP contribution in [0.15, 0.2) is 41.0 Å². The number of cyclic esters (lactones) is 1. The molecule has 2 aromatic carbocycles. The molecule has 0 saturated carbocycles. The molecular weight excluding hydrogens is 437 g/mol. The standard InChI is InChI=1S/C21H18Cl3NO4/c1-3-4-7-28-19-16(24)8-12(10-18(19)27-2)9-17-21(26)29-20(25-17)13-5-6-14(22)15(23)11-13/h5-6,8-11H,3-4,7H2,1-2H3/b17-9-. The Balaban J connectivity index is 1.90. The maximum atomic E-state index is 12.2. The third kappa shape index (κ3) is 5.04. The minimum Gasteiger partial charge on any atom is -0.493 e. The molecule has 0 amide bonds. The van der Waals surface area contributed by atoms with E-state index in [1.165, 1.54) is 7.11 Å². The Morgan fingerprint density at radius 1 is 1.10 bits per heavy atom. The zero-order chi connectivity index (χ0) is 21.0. The van der Waals surface area contributed by atoms with Crippen molar-refractivity contribution < 1.29 is 19.0 Å². The van der Waals surface area contributed by atoms with Gasteiger partial charge in [-0.05, 0) is 48.4 Å². The second-order valence-corrected chi connectivity index (χ2v) is 7.42. The van der Waals surface area contributed by atoms with Gasteiger partial charge in [0.25, 0.3) is 0 Å². The highest BCUT2D eigenvalue weighted by atomic mass is 35.5. The lowest BCUT2D eigenvalue weighted by molar-refractivity contribution is -0.129. The van der Waals surface area contributed by atoms with E-state index >= 15 is 0 Å². The first kappa shape index (κ1) is 21.5. The summed E-state index contributed by atoms with van der Waals surface area (Å²) in [4.78, 5) is 16.5. The number of carbonyl (C=O) groups is 1. The molecule has 0 spiro atoms. The van der Waals surface area contributed by atoms with Gasteiger partial charge in [0.2, 0.25) is 5.90 Å². The predicted octanol–water partition coefficient (Wildman–Crippen LogP) is 6.18. The molecule has 3 rings (SSSR count). The van der Waals surface area contributed by atoms with Gasteiger partial charge in [0.05, 0.1) is 28.8 Å². The first-order valence-corrected chi connectivity index (χ1v) is 10.0. The highest BCUT2D eigenvalue weighted by Gasteiger charge is 2.25. The van der Waals surface area contributed by atoms with Crippen molar-refractivity contribution in [3.8, 4) is 11.5 Å². The number of ether oxygens (including phenoxy) is 3. The van der Waals surface area contributed by atoms with E-state index in [1.807, 2.05) is 0 Å². The van der Waals surface area contributed by atoms with Crippen molar-refractivity contribution in [1.29, 1.82) is 0 Å². The summed E-state index contributed by atoms with van der Waals surface area (Å²) in [5.41, 5.74) is 1.30. The molecule has 2 aromatic rings. The van der Waals surface area contributed by atoms with Crippen LogP contribution in [0.4, 0.5) is 0 Å². The van der Waals surface area contributed by atoms with E-state index in [2.05, 4.69) is 11.9 Å². The molecule has 0 saturated heterocycles. The predicted molar refractivity (Wildman–Crippen MR) is 115 cm³/mol. The number of unbranched alkanes of at least 4 members (excludes halogenated alkanes) is 1. The van der Waals surface area contributed by atoms with Gasteiger partial charge in [0.15, 0.2) is 17.2 Å². The molecule has 1 aliphatic rings. The Kier molecular flexibility index (Phi) is 7.06. The smallest absolute Gasteiger partial charge is 0.363 e. The van der Waals surface area contributed by atoms with Crippen LogP contribution >= 0.6 is 34.8 Å². The maximum Gasteiger partial charge on any atom is 0.363 e. The van der Waals surface area contributed by atoms with E-state index in [0.717, 1.165) is 12.8 Å². The number of hydrogen-bond donors (Lipinski definition) is 0. The van der Waals surface area contributed by atoms with E-state index in [1.54, 1.807) is 36.4 Å². The van der Waals surface area contributed by atoms with Crippen LogP contribution in [0, 0.1) is 0 Å². The molecule has 0 aliphatic carbocycles. The van der Waals surface area contributed by atoms with E-state index in [-0.39, 0.29) is 11.6 Å². The molecule has 0 bridgehead atoms. The Morgan fingerprint density at radius 3 is 2.59 bits per heavy atom. The normalized spacial score (nSPS) is 14.7. The fraction of sp³-hybridized carbons (Fsp3) is 0.238. The van der Waals surface area contributed by atoms with Crippen molar-refractivity contribution in [2.45, 2.75) is 19.8 Å². The van der Waals surface area contributed by atoms with Crippen molar-refractivity contribution in [1.82, 2.24) is 0 Å². The summed E-state index contributed by atoms with van der Waals surface area (Å²) in [5.74, 6) is 0.515. The van der Waals surface area contributed by atoms with Crippen molar-refractivity contribution in [3.63, 3.8) is 0 Å².